The molecular formula is C13H20N4OS. The number of aromatic nitrogens is 1. The zero-order valence-corrected chi connectivity index (χ0v) is 12.3. The van der Waals surface area contributed by atoms with E-state index in [1.165, 1.54) is 0 Å². The van der Waals surface area contributed by atoms with Crippen molar-refractivity contribution in [3.63, 3.8) is 0 Å². The first-order chi connectivity index (χ1) is 8.82. The second-order valence-corrected chi connectivity index (χ2v) is 5.37. The number of anilines is 1. The summed E-state index contributed by atoms with van der Waals surface area (Å²) in [5, 5.41) is 0. The molecule has 0 aromatic carbocycles. The molecule has 0 saturated heterocycles. The smallest absolute Gasteiger partial charge is 0.236 e. The Hall–Kier alpha value is -1.69. The zero-order chi connectivity index (χ0) is 14.6. The van der Waals surface area contributed by atoms with Gasteiger partial charge in [-0.05, 0) is 24.5 Å². The van der Waals surface area contributed by atoms with Crippen molar-refractivity contribution in [2.75, 3.05) is 18.0 Å². The van der Waals surface area contributed by atoms with Gasteiger partial charge in [0.15, 0.2) is 0 Å². The van der Waals surface area contributed by atoms with Crippen molar-refractivity contribution in [2.45, 2.75) is 20.8 Å². The van der Waals surface area contributed by atoms with E-state index in [4.69, 9.17) is 23.7 Å². The highest BCUT2D eigenvalue weighted by atomic mass is 32.1. The quantitative estimate of drug-likeness (QED) is 0.758. The Morgan fingerprint density at radius 3 is 2.58 bits per heavy atom. The van der Waals surface area contributed by atoms with E-state index in [0.717, 1.165) is 5.56 Å². The Morgan fingerprint density at radius 1 is 1.47 bits per heavy atom. The van der Waals surface area contributed by atoms with Gasteiger partial charge in [-0.1, -0.05) is 26.1 Å². The van der Waals surface area contributed by atoms with Crippen LogP contribution in [0.2, 0.25) is 0 Å². The fraction of sp³-hybridized carbons (Fsp3) is 0.462. The third-order valence-electron chi connectivity index (χ3n) is 2.62. The monoisotopic (exact) mass is 280 g/mol. The number of nitrogens with zero attached hydrogens (tertiary/aromatic N) is 2. The fourth-order valence-electron chi connectivity index (χ4n) is 1.94. The molecule has 1 rings (SSSR count). The Morgan fingerprint density at radius 2 is 2.11 bits per heavy atom. The minimum Gasteiger partial charge on any atom is -0.389 e. The third kappa shape index (κ3) is 4.17. The van der Waals surface area contributed by atoms with Crippen LogP contribution in [0.15, 0.2) is 12.3 Å². The molecule has 0 atom stereocenters. The lowest BCUT2D eigenvalue weighted by atomic mass is 10.1. The lowest BCUT2D eigenvalue weighted by Gasteiger charge is -2.26. The molecule has 0 fully saturated rings. The van der Waals surface area contributed by atoms with Crippen LogP contribution in [0.5, 0.6) is 0 Å². The molecule has 1 aromatic rings. The molecule has 1 heterocycles. The van der Waals surface area contributed by atoms with E-state index in [1.807, 2.05) is 17.9 Å². The number of carbonyl (C=O) groups is 1. The SMILES string of the molecule is Cc1ccnc(N(CC(N)=O)CC(C)C)c1C(N)=S. The lowest BCUT2D eigenvalue weighted by Crippen LogP contribution is -2.38. The van der Waals surface area contributed by atoms with Gasteiger partial charge < -0.3 is 16.4 Å². The van der Waals surface area contributed by atoms with E-state index >= 15 is 0 Å². The van der Waals surface area contributed by atoms with Crippen LogP contribution in [0.1, 0.15) is 25.0 Å². The predicted molar refractivity (Wildman–Crippen MR) is 81.1 cm³/mol. The number of aryl methyl sites for hydroxylation is 1. The van der Waals surface area contributed by atoms with Gasteiger partial charge in [0.2, 0.25) is 5.91 Å². The van der Waals surface area contributed by atoms with Gasteiger partial charge in [0, 0.05) is 12.7 Å². The number of pyridine rings is 1. The first-order valence-corrected chi connectivity index (χ1v) is 6.52. The van der Waals surface area contributed by atoms with Gasteiger partial charge in [0.1, 0.15) is 10.8 Å². The number of carbonyl (C=O) groups excluding carboxylic acids is 1. The summed E-state index contributed by atoms with van der Waals surface area (Å²) >= 11 is 5.08. The van der Waals surface area contributed by atoms with Crippen LogP contribution in [-0.4, -0.2) is 29.0 Å². The zero-order valence-electron chi connectivity index (χ0n) is 11.5. The summed E-state index contributed by atoms with van der Waals surface area (Å²) in [5.74, 6) is 0.582. The highest BCUT2D eigenvalue weighted by molar-refractivity contribution is 7.80. The van der Waals surface area contributed by atoms with Crippen molar-refractivity contribution >= 4 is 28.9 Å². The molecule has 0 radical (unpaired) electrons. The van der Waals surface area contributed by atoms with Crippen molar-refractivity contribution in [2.24, 2.45) is 17.4 Å². The molecule has 0 aliphatic rings. The molecule has 1 aromatic heterocycles. The number of nitrogens with two attached hydrogens (primary N) is 2. The molecule has 0 spiro atoms. The number of hydrogen-bond acceptors (Lipinski definition) is 4. The molecule has 4 N–H and O–H groups in total. The van der Waals surface area contributed by atoms with Crippen LogP contribution in [0.3, 0.4) is 0 Å². The Bertz CT molecular complexity index is 488. The number of thiocarbonyl (C=S) groups is 1. The van der Waals surface area contributed by atoms with Crippen molar-refractivity contribution in [1.29, 1.82) is 0 Å². The van der Waals surface area contributed by atoms with Crippen molar-refractivity contribution in [3.8, 4) is 0 Å². The van der Waals surface area contributed by atoms with Gasteiger partial charge in [-0.15, -0.1) is 0 Å². The van der Waals surface area contributed by atoms with Crippen LogP contribution in [0.4, 0.5) is 5.82 Å². The van der Waals surface area contributed by atoms with Crippen molar-refractivity contribution in [3.05, 3.63) is 23.4 Å². The van der Waals surface area contributed by atoms with Crippen molar-refractivity contribution in [1.82, 2.24) is 4.98 Å². The van der Waals surface area contributed by atoms with Gasteiger partial charge in [-0.25, -0.2) is 4.98 Å². The van der Waals surface area contributed by atoms with E-state index in [9.17, 15) is 4.79 Å². The summed E-state index contributed by atoms with van der Waals surface area (Å²) in [6, 6.07) is 1.84. The van der Waals surface area contributed by atoms with Crippen molar-refractivity contribution < 1.29 is 4.79 Å². The first kappa shape index (κ1) is 15.4. The second kappa shape index (κ2) is 6.47. The van der Waals surface area contributed by atoms with Crippen LogP contribution >= 0.6 is 12.2 Å². The number of primary amides is 1. The minimum atomic E-state index is -0.405. The summed E-state index contributed by atoms with van der Waals surface area (Å²) in [4.78, 5) is 17.6. The maximum atomic E-state index is 11.2. The summed E-state index contributed by atoms with van der Waals surface area (Å²) in [5.41, 5.74) is 12.7. The topological polar surface area (TPSA) is 85.2 Å². The summed E-state index contributed by atoms with van der Waals surface area (Å²) < 4.78 is 0. The van der Waals surface area contributed by atoms with Crippen LogP contribution in [0.25, 0.3) is 0 Å². The van der Waals surface area contributed by atoms with Crippen LogP contribution < -0.4 is 16.4 Å². The summed E-state index contributed by atoms with van der Waals surface area (Å²) in [7, 11) is 0. The van der Waals surface area contributed by atoms with Gasteiger partial charge in [-0.3, -0.25) is 4.79 Å². The first-order valence-electron chi connectivity index (χ1n) is 6.11. The molecule has 0 saturated carbocycles. The molecule has 0 unspecified atom stereocenters. The highest BCUT2D eigenvalue weighted by Gasteiger charge is 2.18. The standard InChI is InChI=1S/C13H20N4OS/c1-8(2)6-17(7-10(14)18)13-11(12(15)19)9(3)4-5-16-13/h4-5,8H,6-7H2,1-3H3,(H2,14,18)(H2,15,19). The van der Waals surface area contributed by atoms with Crippen LogP contribution in [0, 0.1) is 12.8 Å². The third-order valence-corrected chi connectivity index (χ3v) is 2.82. The second-order valence-electron chi connectivity index (χ2n) is 4.93. The predicted octanol–water partition coefficient (Wildman–Crippen LogP) is 0.972. The molecule has 0 bridgehead atoms. The van der Waals surface area contributed by atoms with E-state index in [2.05, 4.69) is 18.8 Å². The Labute approximate surface area is 119 Å². The van der Waals surface area contributed by atoms with E-state index in [1.54, 1.807) is 6.20 Å². The van der Waals surface area contributed by atoms with E-state index in [0.29, 0.717) is 23.8 Å². The molecule has 19 heavy (non-hydrogen) atoms. The molecule has 6 heteroatoms. The average Bonchev–Trinajstić information content (AvgIpc) is 2.25. The highest BCUT2D eigenvalue weighted by Crippen LogP contribution is 2.21. The molecule has 0 aliphatic carbocycles. The number of hydrogen-bond donors (Lipinski definition) is 2. The number of amides is 1. The lowest BCUT2D eigenvalue weighted by molar-refractivity contribution is -0.116. The normalized spacial score (nSPS) is 10.5. The van der Waals surface area contributed by atoms with E-state index < -0.39 is 5.91 Å². The fourth-order valence-corrected chi connectivity index (χ4v) is 2.20. The largest absolute Gasteiger partial charge is 0.389 e. The van der Waals surface area contributed by atoms with Gasteiger partial charge in [0.25, 0.3) is 0 Å². The maximum Gasteiger partial charge on any atom is 0.236 e. The maximum absolute atomic E-state index is 11.2. The Kier molecular flexibility index (Phi) is 5.23. The van der Waals surface area contributed by atoms with Gasteiger partial charge in [0.05, 0.1) is 12.1 Å². The molecular weight excluding hydrogens is 260 g/mol. The summed E-state index contributed by atoms with van der Waals surface area (Å²) in [6.07, 6.45) is 1.68. The molecule has 1 amide bonds. The Balaban J connectivity index is 3.24. The van der Waals surface area contributed by atoms with E-state index in [-0.39, 0.29) is 11.5 Å². The molecule has 0 aliphatic heterocycles. The van der Waals surface area contributed by atoms with Gasteiger partial charge in [-0.2, -0.15) is 0 Å². The molecule has 104 valence electrons. The summed E-state index contributed by atoms with van der Waals surface area (Å²) in [6.45, 7) is 6.80. The van der Waals surface area contributed by atoms with Gasteiger partial charge >= 0.3 is 0 Å². The molecule has 5 nitrogen and oxygen atoms in total. The average molecular weight is 280 g/mol. The number of rotatable bonds is 6. The minimum absolute atomic E-state index is 0.101. The van der Waals surface area contributed by atoms with Crippen LogP contribution in [-0.2, 0) is 4.79 Å².